The molecule has 0 aliphatic carbocycles. The van der Waals surface area contributed by atoms with E-state index in [-0.39, 0.29) is 18.2 Å². The lowest BCUT2D eigenvalue weighted by Crippen LogP contribution is -2.51. The highest BCUT2D eigenvalue weighted by Crippen LogP contribution is 2.37. The zero-order valence-electron chi connectivity index (χ0n) is 13.6. The van der Waals surface area contributed by atoms with E-state index < -0.39 is 0 Å². The summed E-state index contributed by atoms with van der Waals surface area (Å²) in [4.78, 5) is 14.6. The van der Waals surface area contributed by atoms with Gasteiger partial charge in [0.2, 0.25) is 0 Å². The standard InChI is InChI=1S/C20H21NO3/c22-20(24-13-15-5-2-1-3-6-15)21-18-7-4-8-19(21)12-17(11-18)16-9-10-23-14-16/h1-3,5-6,9-11,14,18-19H,4,7-8,12-13H2. The van der Waals surface area contributed by atoms with E-state index in [0.717, 1.165) is 36.8 Å². The molecule has 0 N–H and O–H groups in total. The van der Waals surface area contributed by atoms with Crippen LogP contribution in [-0.4, -0.2) is 23.1 Å². The van der Waals surface area contributed by atoms with E-state index in [4.69, 9.17) is 9.15 Å². The first-order chi connectivity index (χ1) is 11.8. The van der Waals surface area contributed by atoms with Crippen LogP contribution in [0.3, 0.4) is 0 Å². The van der Waals surface area contributed by atoms with Crippen LogP contribution in [0.25, 0.3) is 5.57 Å². The largest absolute Gasteiger partial charge is 0.472 e. The van der Waals surface area contributed by atoms with Gasteiger partial charge >= 0.3 is 6.09 Å². The quantitative estimate of drug-likeness (QED) is 0.827. The van der Waals surface area contributed by atoms with E-state index in [9.17, 15) is 4.79 Å². The molecule has 4 rings (SSSR count). The Morgan fingerprint density at radius 1 is 1.21 bits per heavy atom. The Morgan fingerprint density at radius 2 is 2.08 bits per heavy atom. The topological polar surface area (TPSA) is 42.7 Å². The second-order valence-corrected chi connectivity index (χ2v) is 6.51. The number of benzene rings is 1. The van der Waals surface area contributed by atoms with Gasteiger partial charge in [-0.2, -0.15) is 0 Å². The molecule has 1 fully saturated rings. The number of rotatable bonds is 3. The summed E-state index contributed by atoms with van der Waals surface area (Å²) >= 11 is 0. The third kappa shape index (κ3) is 2.96. The van der Waals surface area contributed by atoms with Crippen LogP contribution in [0.1, 0.15) is 36.8 Å². The molecule has 0 spiro atoms. The van der Waals surface area contributed by atoms with E-state index in [0.29, 0.717) is 6.61 Å². The second kappa shape index (κ2) is 6.56. The van der Waals surface area contributed by atoms with Crippen LogP contribution in [0.5, 0.6) is 0 Å². The molecule has 2 unspecified atom stereocenters. The molecule has 4 heteroatoms. The fourth-order valence-electron chi connectivity index (χ4n) is 3.77. The van der Waals surface area contributed by atoms with E-state index in [1.165, 1.54) is 5.57 Å². The Kier molecular flexibility index (Phi) is 4.11. The molecule has 3 heterocycles. The number of carbonyl (C=O) groups excluding carboxylic acids is 1. The molecular formula is C20H21NO3. The molecule has 24 heavy (non-hydrogen) atoms. The second-order valence-electron chi connectivity index (χ2n) is 6.51. The third-order valence-corrected chi connectivity index (χ3v) is 4.94. The minimum atomic E-state index is -0.198. The summed E-state index contributed by atoms with van der Waals surface area (Å²) in [5.41, 5.74) is 3.43. The average Bonchev–Trinajstić information content (AvgIpc) is 3.14. The molecular weight excluding hydrogens is 302 g/mol. The molecule has 0 radical (unpaired) electrons. The minimum absolute atomic E-state index is 0.130. The van der Waals surface area contributed by atoms with E-state index in [2.05, 4.69) is 6.08 Å². The van der Waals surface area contributed by atoms with Crippen molar-refractivity contribution in [2.45, 2.75) is 44.4 Å². The predicted molar refractivity (Wildman–Crippen MR) is 91.2 cm³/mol. The first-order valence-electron chi connectivity index (χ1n) is 8.53. The van der Waals surface area contributed by atoms with Gasteiger partial charge in [-0.25, -0.2) is 4.79 Å². The lowest BCUT2D eigenvalue weighted by molar-refractivity contribution is 0.0510. The van der Waals surface area contributed by atoms with E-state index in [1.807, 2.05) is 41.3 Å². The molecule has 124 valence electrons. The van der Waals surface area contributed by atoms with Gasteiger partial charge in [0.05, 0.1) is 18.6 Å². The Labute approximate surface area is 141 Å². The lowest BCUT2D eigenvalue weighted by Gasteiger charge is -2.44. The molecule has 1 aromatic carbocycles. The maximum atomic E-state index is 12.6. The highest BCUT2D eigenvalue weighted by molar-refractivity contribution is 5.74. The van der Waals surface area contributed by atoms with Crippen LogP contribution < -0.4 is 0 Å². The molecule has 0 saturated carbocycles. The fraction of sp³-hybridized carbons (Fsp3) is 0.350. The molecule has 1 aromatic heterocycles. The Bertz CT molecular complexity index is 721. The van der Waals surface area contributed by atoms with Crippen LogP contribution >= 0.6 is 0 Å². The summed E-state index contributed by atoms with van der Waals surface area (Å²) in [5, 5.41) is 0. The number of piperidine rings is 1. The Hall–Kier alpha value is -2.49. The van der Waals surface area contributed by atoms with Gasteiger partial charge in [-0.15, -0.1) is 0 Å². The van der Waals surface area contributed by atoms with Crippen LogP contribution in [0.15, 0.2) is 59.4 Å². The van der Waals surface area contributed by atoms with Crippen molar-refractivity contribution < 1.29 is 13.9 Å². The molecule has 4 nitrogen and oxygen atoms in total. The number of fused-ring (bicyclic) bond motifs is 2. The first-order valence-corrected chi connectivity index (χ1v) is 8.53. The Balaban J connectivity index is 1.48. The zero-order chi connectivity index (χ0) is 16.4. The average molecular weight is 323 g/mol. The molecule has 2 aromatic rings. The number of carbonyl (C=O) groups is 1. The van der Waals surface area contributed by atoms with Crippen molar-refractivity contribution in [3.8, 4) is 0 Å². The van der Waals surface area contributed by atoms with Crippen LogP contribution in [-0.2, 0) is 11.3 Å². The van der Waals surface area contributed by atoms with Crippen molar-refractivity contribution in [1.29, 1.82) is 0 Å². The van der Waals surface area contributed by atoms with Crippen molar-refractivity contribution in [2.75, 3.05) is 0 Å². The number of furan rings is 1. The van der Waals surface area contributed by atoms with Gasteiger partial charge in [-0.05, 0) is 42.9 Å². The molecule has 2 aliphatic heterocycles. The Morgan fingerprint density at radius 3 is 2.83 bits per heavy atom. The molecule has 2 atom stereocenters. The van der Waals surface area contributed by atoms with Gasteiger partial charge in [0.15, 0.2) is 0 Å². The summed E-state index contributed by atoms with van der Waals surface area (Å²) in [6.45, 7) is 0.327. The fourth-order valence-corrected chi connectivity index (χ4v) is 3.77. The van der Waals surface area contributed by atoms with Crippen molar-refractivity contribution in [3.05, 3.63) is 66.1 Å². The van der Waals surface area contributed by atoms with Crippen LogP contribution in [0.4, 0.5) is 4.79 Å². The van der Waals surface area contributed by atoms with Crippen LogP contribution in [0.2, 0.25) is 0 Å². The minimum Gasteiger partial charge on any atom is -0.472 e. The summed E-state index contributed by atoms with van der Waals surface area (Å²) in [6, 6.07) is 12.2. The van der Waals surface area contributed by atoms with Gasteiger partial charge in [0.1, 0.15) is 6.61 Å². The van der Waals surface area contributed by atoms with Crippen molar-refractivity contribution in [3.63, 3.8) is 0 Å². The monoisotopic (exact) mass is 323 g/mol. The summed E-state index contributed by atoms with van der Waals surface area (Å²) < 4.78 is 10.8. The smallest absolute Gasteiger partial charge is 0.410 e. The van der Waals surface area contributed by atoms with Crippen molar-refractivity contribution >= 4 is 11.7 Å². The highest BCUT2D eigenvalue weighted by Gasteiger charge is 2.38. The van der Waals surface area contributed by atoms with Crippen LogP contribution in [0, 0.1) is 0 Å². The number of ether oxygens (including phenoxy) is 1. The molecule has 1 saturated heterocycles. The molecule has 2 aliphatic rings. The number of nitrogens with zero attached hydrogens (tertiary/aromatic N) is 1. The summed E-state index contributed by atoms with van der Waals surface area (Å²) in [5.74, 6) is 0. The highest BCUT2D eigenvalue weighted by atomic mass is 16.6. The summed E-state index contributed by atoms with van der Waals surface area (Å²) in [7, 11) is 0. The molecule has 2 bridgehead atoms. The lowest BCUT2D eigenvalue weighted by atomic mass is 9.84. The van der Waals surface area contributed by atoms with Gasteiger partial charge in [0.25, 0.3) is 0 Å². The number of hydrogen-bond donors (Lipinski definition) is 0. The predicted octanol–water partition coefficient (Wildman–Crippen LogP) is 4.63. The SMILES string of the molecule is O=C(OCc1ccccc1)N1C2C=C(c3ccoc3)CC1CCC2. The summed E-state index contributed by atoms with van der Waals surface area (Å²) in [6.07, 6.45) is 9.56. The number of hydrogen-bond acceptors (Lipinski definition) is 3. The van der Waals surface area contributed by atoms with E-state index in [1.54, 1.807) is 12.5 Å². The van der Waals surface area contributed by atoms with Gasteiger partial charge in [0, 0.05) is 11.6 Å². The molecule has 1 amide bonds. The normalized spacial score (nSPS) is 22.8. The third-order valence-electron chi connectivity index (χ3n) is 4.94. The van der Waals surface area contributed by atoms with Gasteiger partial charge in [-0.3, -0.25) is 4.90 Å². The van der Waals surface area contributed by atoms with Gasteiger partial charge in [-0.1, -0.05) is 36.4 Å². The number of amides is 1. The van der Waals surface area contributed by atoms with Crippen molar-refractivity contribution in [2.24, 2.45) is 0 Å². The van der Waals surface area contributed by atoms with Gasteiger partial charge < -0.3 is 9.15 Å². The van der Waals surface area contributed by atoms with Crippen molar-refractivity contribution in [1.82, 2.24) is 4.90 Å². The maximum absolute atomic E-state index is 12.6. The van der Waals surface area contributed by atoms with E-state index >= 15 is 0 Å². The maximum Gasteiger partial charge on any atom is 0.410 e. The first kappa shape index (κ1) is 15.1. The zero-order valence-corrected chi connectivity index (χ0v) is 13.6.